The van der Waals surface area contributed by atoms with E-state index >= 15 is 0 Å². The van der Waals surface area contributed by atoms with Crippen LogP contribution in [-0.4, -0.2) is 38.4 Å². The van der Waals surface area contributed by atoms with E-state index in [9.17, 15) is 8.42 Å². The van der Waals surface area contributed by atoms with E-state index in [2.05, 4.69) is 4.72 Å². The van der Waals surface area contributed by atoms with Crippen molar-refractivity contribution in [3.8, 4) is 0 Å². The molecule has 0 radical (unpaired) electrons. The lowest BCUT2D eigenvalue weighted by Crippen LogP contribution is -2.47. The number of hydrogen-bond donors (Lipinski definition) is 2. The summed E-state index contributed by atoms with van der Waals surface area (Å²) >= 11 is 0. The zero-order valence-electron chi connectivity index (χ0n) is 9.28. The van der Waals surface area contributed by atoms with Gasteiger partial charge in [0.2, 0.25) is 0 Å². The van der Waals surface area contributed by atoms with Gasteiger partial charge in [-0.25, -0.2) is 0 Å². The molecule has 0 aromatic heterocycles. The molecule has 5 nitrogen and oxygen atoms in total. The first kappa shape index (κ1) is 12.9. The Labute approximate surface area is 92.2 Å². The lowest BCUT2D eigenvalue weighted by Gasteiger charge is -2.22. The molecule has 0 bridgehead atoms. The minimum atomic E-state index is -3.31. The normalized spacial score (nSPS) is 22.3. The molecule has 1 heterocycles. The van der Waals surface area contributed by atoms with E-state index < -0.39 is 10.2 Å². The number of hydrogen-bond acceptors (Lipinski definition) is 3. The van der Waals surface area contributed by atoms with Crippen LogP contribution in [0, 0.1) is 0 Å². The van der Waals surface area contributed by atoms with Gasteiger partial charge in [0.1, 0.15) is 0 Å². The Hall–Kier alpha value is -0.170. The van der Waals surface area contributed by atoms with Gasteiger partial charge in [0, 0.05) is 25.7 Å². The molecule has 1 fully saturated rings. The summed E-state index contributed by atoms with van der Waals surface area (Å²) in [6, 6.07) is -0.196. The van der Waals surface area contributed by atoms with Crippen molar-refractivity contribution in [1.29, 1.82) is 0 Å². The van der Waals surface area contributed by atoms with Gasteiger partial charge in [0.25, 0.3) is 10.2 Å². The van der Waals surface area contributed by atoms with Crippen LogP contribution in [0.2, 0.25) is 0 Å². The number of rotatable bonds is 4. The van der Waals surface area contributed by atoms with Crippen molar-refractivity contribution >= 4 is 10.2 Å². The minimum Gasteiger partial charge on any atom is -0.329 e. The summed E-state index contributed by atoms with van der Waals surface area (Å²) in [7, 11) is -3.31. The molecule has 1 saturated heterocycles. The van der Waals surface area contributed by atoms with E-state index in [-0.39, 0.29) is 6.04 Å². The fraction of sp³-hybridized carbons (Fsp3) is 1.00. The second-order valence-electron chi connectivity index (χ2n) is 4.07. The van der Waals surface area contributed by atoms with Crippen LogP contribution in [-0.2, 0) is 10.2 Å². The number of nitrogens with one attached hydrogen (secondary N) is 1. The second kappa shape index (κ2) is 5.79. The van der Waals surface area contributed by atoms with Crippen molar-refractivity contribution in [2.45, 2.75) is 38.6 Å². The number of nitrogens with two attached hydrogens (primary N) is 1. The van der Waals surface area contributed by atoms with Gasteiger partial charge in [0.15, 0.2) is 0 Å². The Morgan fingerprint density at radius 3 is 2.27 bits per heavy atom. The molecule has 6 heteroatoms. The van der Waals surface area contributed by atoms with Crippen molar-refractivity contribution in [1.82, 2.24) is 9.03 Å². The third kappa shape index (κ3) is 4.06. The maximum absolute atomic E-state index is 11.9. The minimum absolute atomic E-state index is 0.196. The molecule has 1 unspecified atom stereocenters. The third-order valence-electron chi connectivity index (χ3n) is 2.61. The summed E-state index contributed by atoms with van der Waals surface area (Å²) in [4.78, 5) is 0. The van der Waals surface area contributed by atoms with E-state index in [0.29, 0.717) is 19.6 Å². The Kier molecular flexibility index (Phi) is 4.98. The maximum atomic E-state index is 11.9. The van der Waals surface area contributed by atoms with Crippen LogP contribution in [0.4, 0.5) is 0 Å². The van der Waals surface area contributed by atoms with Crippen molar-refractivity contribution in [2.75, 3.05) is 19.6 Å². The standard InChI is InChI=1S/C9H21N3O2S/c1-9(8-10)11-15(13,14)12-6-4-2-3-5-7-12/h9,11H,2-8,10H2,1H3. The summed E-state index contributed by atoms with van der Waals surface area (Å²) in [5.41, 5.74) is 5.39. The largest absolute Gasteiger partial charge is 0.329 e. The fourth-order valence-corrected chi connectivity index (χ4v) is 3.15. The highest BCUT2D eigenvalue weighted by Crippen LogP contribution is 2.12. The molecule has 1 aliphatic rings. The van der Waals surface area contributed by atoms with E-state index in [0.717, 1.165) is 25.7 Å². The molecule has 1 atom stereocenters. The van der Waals surface area contributed by atoms with Crippen LogP contribution in [0.15, 0.2) is 0 Å². The van der Waals surface area contributed by atoms with Gasteiger partial charge < -0.3 is 5.73 Å². The summed E-state index contributed by atoms with van der Waals surface area (Å²) in [5.74, 6) is 0. The predicted octanol–water partition coefficient (Wildman–Crippen LogP) is 0.0440. The first-order valence-corrected chi connectivity index (χ1v) is 6.98. The topological polar surface area (TPSA) is 75.4 Å². The highest BCUT2D eigenvalue weighted by Gasteiger charge is 2.23. The zero-order valence-corrected chi connectivity index (χ0v) is 10.1. The molecular weight excluding hydrogens is 214 g/mol. The SMILES string of the molecule is CC(CN)NS(=O)(=O)N1CCCCCC1. The fourth-order valence-electron chi connectivity index (χ4n) is 1.66. The molecule has 0 aromatic rings. The van der Waals surface area contributed by atoms with Crippen LogP contribution >= 0.6 is 0 Å². The van der Waals surface area contributed by atoms with Gasteiger partial charge in [0.05, 0.1) is 0 Å². The van der Waals surface area contributed by atoms with Crippen molar-refractivity contribution in [3.63, 3.8) is 0 Å². The summed E-state index contributed by atoms with van der Waals surface area (Å²) in [5, 5.41) is 0. The lowest BCUT2D eigenvalue weighted by molar-refractivity contribution is 0.409. The van der Waals surface area contributed by atoms with Crippen LogP contribution in [0.3, 0.4) is 0 Å². The van der Waals surface area contributed by atoms with Crippen molar-refractivity contribution in [3.05, 3.63) is 0 Å². The molecule has 0 aliphatic carbocycles. The Bertz CT molecular complexity index is 271. The summed E-state index contributed by atoms with van der Waals surface area (Å²) < 4.78 is 27.8. The quantitative estimate of drug-likeness (QED) is 0.722. The van der Waals surface area contributed by atoms with Crippen molar-refractivity contribution in [2.24, 2.45) is 5.73 Å². The first-order valence-electron chi connectivity index (χ1n) is 5.54. The molecule has 1 aliphatic heterocycles. The van der Waals surface area contributed by atoms with Gasteiger partial charge in [-0.3, -0.25) is 0 Å². The highest BCUT2D eigenvalue weighted by molar-refractivity contribution is 7.87. The molecule has 90 valence electrons. The Morgan fingerprint density at radius 2 is 1.80 bits per heavy atom. The maximum Gasteiger partial charge on any atom is 0.279 e. The molecule has 15 heavy (non-hydrogen) atoms. The molecule has 0 amide bonds. The van der Waals surface area contributed by atoms with Gasteiger partial charge in [-0.05, 0) is 19.8 Å². The molecular formula is C9H21N3O2S. The smallest absolute Gasteiger partial charge is 0.279 e. The van der Waals surface area contributed by atoms with Gasteiger partial charge in [-0.2, -0.15) is 17.4 Å². The van der Waals surface area contributed by atoms with Gasteiger partial charge in [-0.1, -0.05) is 12.8 Å². The van der Waals surface area contributed by atoms with E-state index in [4.69, 9.17) is 5.73 Å². The van der Waals surface area contributed by atoms with Gasteiger partial charge in [-0.15, -0.1) is 0 Å². The summed E-state index contributed by atoms with van der Waals surface area (Å²) in [6.45, 7) is 3.36. The summed E-state index contributed by atoms with van der Waals surface area (Å²) in [6.07, 6.45) is 4.16. The second-order valence-corrected chi connectivity index (χ2v) is 5.78. The van der Waals surface area contributed by atoms with E-state index in [1.54, 1.807) is 6.92 Å². The van der Waals surface area contributed by atoms with Crippen LogP contribution in [0.5, 0.6) is 0 Å². The monoisotopic (exact) mass is 235 g/mol. The highest BCUT2D eigenvalue weighted by atomic mass is 32.2. The zero-order chi connectivity index (χ0) is 11.3. The van der Waals surface area contributed by atoms with Gasteiger partial charge >= 0.3 is 0 Å². The Morgan fingerprint density at radius 1 is 1.27 bits per heavy atom. The average molecular weight is 235 g/mol. The van der Waals surface area contributed by atoms with Crippen LogP contribution < -0.4 is 10.5 Å². The van der Waals surface area contributed by atoms with Crippen LogP contribution in [0.25, 0.3) is 0 Å². The van der Waals surface area contributed by atoms with Crippen LogP contribution in [0.1, 0.15) is 32.6 Å². The predicted molar refractivity (Wildman–Crippen MR) is 60.6 cm³/mol. The number of nitrogens with zero attached hydrogens (tertiary/aromatic N) is 1. The first-order chi connectivity index (χ1) is 7.06. The molecule has 0 saturated carbocycles. The van der Waals surface area contributed by atoms with E-state index in [1.165, 1.54) is 4.31 Å². The van der Waals surface area contributed by atoms with E-state index in [1.807, 2.05) is 0 Å². The molecule has 0 spiro atoms. The average Bonchev–Trinajstić information content (AvgIpc) is 2.45. The molecule has 3 N–H and O–H groups in total. The third-order valence-corrected chi connectivity index (χ3v) is 4.35. The van der Waals surface area contributed by atoms with Crippen molar-refractivity contribution < 1.29 is 8.42 Å². The molecule has 1 rings (SSSR count). The Balaban J connectivity index is 2.58. The molecule has 0 aromatic carbocycles. The lowest BCUT2D eigenvalue weighted by atomic mass is 10.2.